The molecule has 2 aliphatic rings. The minimum Gasteiger partial charge on any atom is -0.354 e. The largest absolute Gasteiger partial charge is 0.354 e. The summed E-state index contributed by atoms with van der Waals surface area (Å²) in [6.07, 6.45) is 12.3. The highest BCUT2D eigenvalue weighted by Gasteiger charge is 2.23. The molecule has 1 aromatic rings. The Morgan fingerprint density at radius 1 is 1.17 bits per heavy atom. The van der Waals surface area contributed by atoms with Gasteiger partial charge in [0.25, 0.3) is 5.91 Å². The van der Waals surface area contributed by atoms with Gasteiger partial charge in [0.1, 0.15) is 17.8 Å². The van der Waals surface area contributed by atoms with Crippen LogP contribution in [0.25, 0.3) is 0 Å². The Morgan fingerprint density at radius 2 is 1.96 bits per heavy atom. The number of anilines is 1. The monoisotopic (exact) mass is 316 g/mol. The third-order valence-electron chi connectivity index (χ3n) is 5.22. The van der Waals surface area contributed by atoms with Crippen LogP contribution in [0.1, 0.15) is 75.2 Å². The van der Waals surface area contributed by atoms with Gasteiger partial charge in [0.2, 0.25) is 0 Å². The Morgan fingerprint density at radius 3 is 2.74 bits per heavy atom. The van der Waals surface area contributed by atoms with Crippen LogP contribution in [0.5, 0.6) is 0 Å². The number of hydrogen-bond acceptors (Lipinski definition) is 4. The van der Waals surface area contributed by atoms with Gasteiger partial charge in [-0.3, -0.25) is 4.79 Å². The number of nitrogens with one attached hydrogen (secondary N) is 1. The van der Waals surface area contributed by atoms with Crippen molar-refractivity contribution in [2.45, 2.75) is 76.8 Å². The molecule has 1 aliphatic carbocycles. The number of piperidine rings is 1. The standard InChI is InChI=1S/C18H28N4O/c1-2-15-10-6-7-11-22(15)17-12-16(19-13-20-17)18(23)21-14-8-4-3-5-9-14/h12-15H,2-11H2,1H3,(H,21,23). The summed E-state index contributed by atoms with van der Waals surface area (Å²) in [7, 11) is 0. The maximum atomic E-state index is 12.5. The van der Waals surface area contributed by atoms with Crippen molar-refractivity contribution in [3.05, 3.63) is 18.1 Å². The van der Waals surface area contributed by atoms with Gasteiger partial charge in [0.05, 0.1) is 0 Å². The van der Waals surface area contributed by atoms with Crippen LogP contribution in [0, 0.1) is 0 Å². The van der Waals surface area contributed by atoms with Crippen molar-refractivity contribution in [2.75, 3.05) is 11.4 Å². The zero-order valence-electron chi connectivity index (χ0n) is 14.1. The van der Waals surface area contributed by atoms with Gasteiger partial charge in [-0.25, -0.2) is 9.97 Å². The molecule has 0 spiro atoms. The normalized spacial score (nSPS) is 22.8. The van der Waals surface area contributed by atoms with Crippen molar-refractivity contribution in [1.82, 2.24) is 15.3 Å². The SMILES string of the molecule is CCC1CCCCN1c1cc(C(=O)NC2CCCCC2)ncn1. The molecule has 1 atom stereocenters. The van der Waals surface area contributed by atoms with Gasteiger partial charge >= 0.3 is 0 Å². The lowest BCUT2D eigenvalue weighted by atomic mass is 9.95. The van der Waals surface area contributed by atoms with Gasteiger partial charge < -0.3 is 10.2 Å². The van der Waals surface area contributed by atoms with Crippen LogP contribution in [0.15, 0.2) is 12.4 Å². The highest BCUT2D eigenvalue weighted by atomic mass is 16.1. The molecule has 5 heteroatoms. The lowest BCUT2D eigenvalue weighted by Gasteiger charge is -2.36. The third kappa shape index (κ3) is 4.01. The summed E-state index contributed by atoms with van der Waals surface area (Å²) in [5.41, 5.74) is 0.501. The number of nitrogens with zero attached hydrogens (tertiary/aromatic N) is 3. The Bertz CT molecular complexity index is 528. The average molecular weight is 316 g/mol. The molecule has 1 amide bonds. The smallest absolute Gasteiger partial charge is 0.270 e. The maximum absolute atomic E-state index is 12.5. The molecule has 126 valence electrons. The van der Waals surface area contributed by atoms with Crippen LogP contribution in [0.3, 0.4) is 0 Å². The minimum atomic E-state index is -0.0504. The van der Waals surface area contributed by atoms with E-state index in [9.17, 15) is 4.79 Å². The van der Waals surface area contributed by atoms with Crippen molar-refractivity contribution in [3.8, 4) is 0 Å². The van der Waals surface area contributed by atoms with Crippen molar-refractivity contribution in [2.24, 2.45) is 0 Å². The Hall–Kier alpha value is -1.65. The Labute approximate surface area is 138 Å². The Balaban J connectivity index is 1.69. The highest BCUT2D eigenvalue weighted by Crippen LogP contribution is 2.25. The summed E-state index contributed by atoms with van der Waals surface area (Å²) in [6, 6.07) is 2.72. The lowest BCUT2D eigenvalue weighted by Crippen LogP contribution is -2.40. The summed E-state index contributed by atoms with van der Waals surface area (Å²) in [5, 5.41) is 3.14. The van der Waals surface area contributed by atoms with Crippen LogP contribution in [-0.4, -0.2) is 34.5 Å². The van der Waals surface area contributed by atoms with E-state index >= 15 is 0 Å². The number of hydrogen-bond donors (Lipinski definition) is 1. The average Bonchev–Trinajstić information content (AvgIpc) is 2.62. The molecule has 5 nitrogen and oxygen atoms in total. The third-order valence-corrected chi connectivity index (χ3v) is 5.22. The lowest BCUT2D eigenvalue weighted by molar-refractivity contribution is 0.0922. The molecule has 23 heavy (non-hydrogen) atoms. The molecule has 1 aromatic heterocycles. The number of carbonyl (C=O) groups is 1. The summed E-state index contributed by atoms with van der Waals surface area (Å²) >= 11 is 0. The topological polar surface area (TPSA) is 58.1 Å². The van der Waals surface area contributed by atoms with Crippen LogP contribution >= 0.6 is 0 Å². The molecule has 1 aliphatic heterocycles. The molecule has 2 heterocycles. The highest BCUT2D eigenvalue weighted by molar-refractivity contribution is 5.93. The van der Waals surface area contributed by atoms with E-state index in [1.165, 1.54) is 44.9 Å². The van der Waals surface area contributed by atoms with Gasteiger partial charge in [0, 0.05) is 24.7 Å². The second kappa shape index (κ2) is 7.75. The van der Waals surface area contributed by atoms with Crippen LogP contribution in [0.4, 0.5) is 5.82 Å². The van der Waals surface area contributed by atoms with Gasteiger partial charge in [-0.2, -0.15) is 0 Å². The van der Waals surface area contributed by atoms with Gasteiger partial charge in [-0.1, -0.05) is 26.2 Å². The molecule has 3 rings (SSSR count). The van der Waals surface area contributed by atoms with E-state index in [2.05, 4.69) is 27.1 Å². The molecule has 1 unspecified atom stereocenters. The van der Waals surface area contributed by atoms with Gasteiger partial charge in [-0.15, -0.1) is 0 Å². The Kier molecular flexibility index (Phi) is 5.47. The molecule has 2 fully saturated rings. The van der Waals surface area contributed by atoms with Crippen molar-refractivity contribution in [3.63, 3.8) is 0 Å². The van der Waals surface area contributed by atoms with Gasteiger partial charge in [0.15, 0.2) is 0 Å². The van der Waals surface area contributed by atoms with E-state index in [1.807, 2.05) is 6.07 Å². The summed E-state index contributed by atoms with van der Waals surface area (Å²) in [5.74, 6) is 0.853. The first kappa shape index (κ1) is 16.2. The van der Waals surface area contributed by atoms with Crippen LogP contribution < -0.4 is 10.2 Å². The number of rotatable bonds is 4. The first-order chi connectivity index (χ1) is 11.3. The molecular formula is C18H28N4O. The van der Waals surface area contributed by atoms with E-state index in [-0.39, 0.29) is 5.91 Å². The molecule has 0 radical (unpaired) electrons. The fraction of sp³-hybridized carbons (Fsp3) is 0.722. The van der Waals surface area contributed by atoms with E-state index in [0.29, 0.717) is 17.8 Å². The van der Waals surface area contributed by atoms with E-state index < -0.39 is 0 Å². The van der Waals surface area contributed by atoms with Crippen LogP contribution in [0.2, 0.25) is 0 Å². The number of aromatic nitrogens is 2. The summed E-state index contributed by atoms with van der Waals surface area (Å²) in [4.78, 5) is 23.5. The zero-order chi connectivity index (χ0) is 16.1. The molecule has 0 aromatic carbocycles. The van der Waals surface area contributed by atoms with Crippen LogP contribution in [-0.2, 0) is 0 Å². The quantitative estimate of drug-likeness (QED) is 0.926. The van der Waals surface area contributed by atoms with E-state index in [0.717, 1.165) is 31.6 Å². The molecule has 1 saturated carbocycles. The molecule has 1 saturated heterocycles. The zero-order valence-corrected chi connectivity index (χ0v) is 14.1. The van der Waals surface area contributed by atoms with Gasteiger partial charge in [-0.05, 0) is 38.5 Å². The molecule has 1 N–H and O–H groups in total. The second-order valence-electron chi connectivity index (χ2n) is 6.82. The first-order valence-corrected chi connectivity index (χ1v) is 9.17. The first-order valence-electron chi connectivity index (χ1n) is 9.17. The predicted molar refractivity (Wildman–Crippen MR) is 91.6 cm³/mol. The fourth-order valence-corrected chi connectivity index (χ4v) is 3.86. The minimum absolute atomic E-state index is 0.0504. The van der Waals surface area contributed by atoms with E-state index in [1.54, 1.807) is 0 Å². The van der Waals surface area contributed by atoms with Crippen molar-refractivity contribution >= 4 is 11.7 Å². The second-order valence-corrected chi connectivity index (χ2v) is 6.82. The maximum Gasteiger partial charge on any atom is 0.270 e. The predicted octanol–water partition coefficient (Wildman–Crippen LogP) is 3.31. The fourth-order valence-electron chi connectivity index (χ4n) is 3.86. The summed E-state index contributed by atoms with van der Waals surface area (Å²) < 4.78 is 0. The molecule has 0 bridgehead atoms. The molecular weight excluding hydrogens is 288 g/mol. The number of amides is 1. The summed E-state index contributed by atoms with van der Waals surface area (Å²) in [6.45, 7) is 3.25. The van der Waals surface area contributed by atoms with Crippen molar-refractivity contribution < 1.29 is 4.79 Å². The number of carbonyl (C=O) groups excluding carboxylic acids is 1. The van der Waals surface area contributed by atoms with Crippen molar-refractivity contribution in [1.29, 1.82) is 0 Å². The van der Waals surface area contributed by atoms with E-state index in [4.69, 9.17) is 0 Å².